The van der Waals surface area contributed by atoms with E-state index >= 15 is 0 Å². The molecule has 5 heteroatoms. The summed E-state index contributed by atoms with van der Waals surface area (Å²) >= 11 is 0. The smallest absolute Gasteiger partial charge is 0.259 e. The predicted molar refractivity (Wildman–Crippen MR) is 129 cm³/mol. The molecule has 0 radical (unpaired) electrons. The summed E-state index contributed by atoms with van der Waals surface area (Å²) < 4.78 is 5.83. The van der Waals surface area contributed by atoms with Crippen molar-refractivity contribution in [3.63, 3.8) is 0 Å². The molecule has 3 aromatic carbocycles. The van der Waals surface area contributed by atoms with Crippen LogP contribution in [0.3, 0.4) is 0 Å². The molecular weight excluding hydrogens is 400 g/mol. The number of rotatable bonds is 10. The van der Waals surface area contributed by atoms with Crippen molar-refractivity contribution in [1.29, 1.82) is 0 Å². The van der Waals surface area contributed by atoms with Gasteiger partial charge in [-0.2, -0.15) is 0 Å². The zero-order valence-corrected chi connectivity index (χ0v) is 18.6. The molecule has 5 nitrogen and oxygen atoms in total. The van der Waals surface area contributed by atoms with E-state index in [-0.39, 0.29) is 11.8 Å². The van der Waals surface area contributed by atoms with Crippen LogP contribution in [-0.2, 0) is 11.2 Å². The van der Waals surface area contributed by atoms with Gasteiger partial charge in [0.05, 0.1) is 12.2 Å². The van der Waals surface area contributed by atoms with Gasteiger partial charge in [0.25, 0.3) is 5.91 Å². The molecule has 0 aliphatic rings. The standard InChI is InChI=1S/C27H30N2O3/c1-20(2)17-18-32-25-14-7-6-13-24(25)27(31)29-23-12-8-11-22(19-23)28-26(30)16-15-21-9-4-3-5-10-21/h3-14,19-20H,15-18H2,1-2H3,(H,28,30)(H,29,31). The number of carbonyl (C=O) groups is 2. The largest absolute Gasteiger partial charge is 0.493 e. The molecule has 0 spiro atoms. The number of hydrogen-bond donors (Lipinski definition) is 2. The number of hydrogen-bond acceptors (Lipinski definition) is 3. The van der Waals surface area contributed by atoms with Crippen LogP contribution in [0, 0.1) is 5.92 Å². The van der Waals surface area contributed by atoms with Gasteiger partial charge in [-0.05, 0) is 54.7 Å². The highest BCUT2D eigenvalue weighted by molar-refractivity contribution is 6.06. The second kappa shape index (κ2) is 11.7. The minimum atomic E-state index is -0.252. The van der Waals surface area contributed by atoms with Crippen LogP contribution in [0.25, 0.3) is 0 Å². The lowest BCUT2D eigenvalue weighted by atomic mass is 10.1. The lowest BCUT2D eigenvalue weighted by Crippen LogP contribution is -2.15. The van der Waals surface area contributed by atoms with E-state index in [1.807, 2.05) is 42.5 Å². The molecule has 0 heterocycles. The minimum absolute atomic E-state index is 0.0683. The number of amides is 2. The molecule has 2 N–H and O–H groups in total. The monoisotopic (exact) mass is 430 g/mol. The number of ether oxygens (including phenoxy) is 1. The summed E-state index contributed by atoms with van der Waals surface area (Å²) in [6.45, 7) is 4.83. The first-order chi connectivity index (χ1) is 15.5. The Bertz CT molecular complexity index is 1030. The Morgan fingerprint density at radius 3 is 2.28 bits per heavy atom. The molecule has 2 amide bonds. The highest BCUT2D eigenvalue weighted by atomic mass is 16.5. The lowest BCUT2D eigenvalue weighted by Gasteiger charge is -2.13. The van der Waals surface area contributed by atoms with Gasteiger partial charge in [-0.1, -0.05) is 62.4 Å². The van der Waals surface area contributed by atoms with Gasteiger partial charge in [0.2, 0.25) is 5.91 Å². The van der Waals surface area contributed by atoms with Gasteiger partial charge in [0.1, 0.15) is 5.75 Å². The van der Waals surface area contributed by atoms with Crippen LogP contribution in [0.15, 0.2) is 78.9 Å². The molecular formula is C27H30N2O3. The van der Waals surface area contributed by atoms with Crippen LogP contribution in [0.5, 0.6) is 5.75 Å². The molecule has 0 aliphatic carbocycles. The Labute approximate surface area is 189 Å². The van der Waals surface area contributed by atoms with Crippen molar-refractivity contribution >= 4 is 23.2 Å². The number of nitrogens with one attached hydrogen (secondary N) is 2. The van der Waals surface area contributed by atoms with E-state index in [4.69, 9.17) is 4.74 Å². The number of benzene rings is 3. The normalized spacial score (nSPS) is 10.6. The number of carbonyl (C=O) groups excluding carboxylic acids is 2. The van der Waals surface area contributed by atoms with Crippen molar-refractivity contribution in [2.24, 2.45) is 5.92 Å². The maximum atomic E-state index is 12.8. The topological polar surface area (TPSA) is 67.4 Å². The molecule has 0 bridgehead atoms. The van der Waals surface area contributed by atoms with E-state index in [0.29, 0.717) is 48.1 Å². The fourth-order valence-corrected chi connectivity index (χ4v) is 3.18. The zero-order valence-electron chi connectivity index (χ0n) is 18.6. The van der Waals surface area contributed by atoms with E-state index in [1.165, 1.54) is 0 Å². The third-order valence-electron chi connectivity index (χ3n) is 4.97. The van der Waals surface area contributed by atoms with Crippen molar-refractivity contribution in [1.82, 2.24) is 0 Å². The first kappa shape index (κ1) is 23.1. The second-order valence-electron chi connectivity index (χ2n) is 8.10. The summed E-state index contributed by atoms with van der Waals surface area (Å²) in [5.74, 6) is 0.775. The Morgan fingerprint density at radius 1 is 0.844 bits per heavy atom. The van der Waals surface area contributed by atoms with Crippen LogP contribution >= 0.6 is 0 Å². The van der Waals surface area contributed by atoms with Crippen molar-refractivity contribution in [3.8, 4) is 5.75 Å². The van der Waals surface area contributed by atoms with Crippen LogP contribution < -0.4 is 15.4 Å². The zero-order chi connectivity index (χ0) is 22.8. The molecule has 0 saturated carbocycles. The van der Waals surface area contributed by atoms with Gasteiger partial charge in [-0.3, -0.25) is 9.59 Å². The maximum absolute atomic E-state index is 12.8. The van der Waals surface area contributed by atoms with Crippen molar-refractivity contribution in [2.75, 3.05) is 17.2 Å². The summed E-state index contributed by atoms with van der Waals surface area (Å²) in [7, 11) is 0. The van der Waals surface area contributed by atoms with Crippen LogP contribution in [0.1, 0.15) is 42.6 Å². The van der Waals surface area contributed by atoms with Gasteiger partial charge >= 0.3 is 0 Å². The fraction of sp³-hybridized carbons (Fsp3) is 0.259. The molecule has 3 rings (SSSR count). The number of para-hydroxylation sites is 1. The first-order valence-electron chi connectivity index (χ1n) is 11.0. The quantitative estimate of drug-likeness (QED) is 0.419. The van der Waals surface area contributed by atoms with E-state index in [0.717, 1.165) is 12.0 Å². The highest BCUT2D eigenvalue weighted by Crippen LogP contribution is 2.22. The Hall–Kier alpha value is -3.60. The number of aryl methyl sites for hydroxylation is 1. The molecule has 0 aliphatic heterocycles. The average Bonchev–Trinajstić information content (AvgIpc) is 2.79. The van der Waals surface area contributed by atoms with E-state index in [9.17, 15) is 9.59 Å². The molecule has 166 valence electrons. The van der Waals surface area contributed by atoms with Crippen LogP contribution in [-0.4, -0.2) is 18.4 Å². The van der Waals surface area contributed by atoms with Crippen LogP contribution in [0.2, 0.25) is 0 Å². The van der Waals surface area contributed by atoms with Gasteiger partial charge < -0.3 is 15.4 Å². The Kier molecular flexibility index (Phi) is 8.44. The lowest BCUT2D eigenvalue weighted by molar-refractivity contribution is -0.116. The van der Waals surface area contributed by atoms with Crippen LogP contribution in [0.4, 0.5) is 11.4 Å². The maximum Gasteiger partial charge on any atom is 0.259 e. The average molecular weight is 431 g/mol. The first-order valence-corrected chi connectivity index (χ1v) is 11.0. The molecule has 3 aromatic rings. The molecule has 32 heavy (non-hydrogen) atoms. The SMILES string of the molecule is CC(C)CCOc1ccccc1C(=O)Nc1cccc(NC(=O)CCc2ccccc2)c1. The van der Waals surface area contributed by atoms with E-state index < -0.39 is 0 Å². The second-order valence-corrected chi connectivity index (χ2v) is 8.10. The summed E-state index contributed by atoms with van der Waals surface area (Å²) in [6.07, 6.45) is 1.99. The molecule has 0 atom stereocenters. The van der Waals surface area contributed by atoms with Gasteiger partial charge in [-0.15, -0.1) is 0 Å². The molecule has 0 unspecified atom stereocenters. The van der Waals surface area contributed by atoms with Crippen molar-refractivity contribution in [3.05, 3.63) is 90.0 Å². The van der Waals surface area contributed by atoms with Gasteiger partial charge in [0, 0.05) is 17.8 Å². The summed E-state index contributed by atoms with van der Waals surface area (Å²) in [5, 5.41) is 5.80. The summed E-state index contributed by atoms with van der Waals surface area (Å²) in [5.41, 5.74) is 2.85. The van der Waals surface area contributed by atoms with Gasteiger partial charge in [-0.25, -0.2) is 0 Å². The summed E-state index contributed by atoms with van der Waals surface area (Å²) in [4.78, 5) is 25.2. The van der Waals surface area contributed by atoms with E-state index in [1.54, 1.807) is 36.4 Å². The molecule has 0 fully saturated rings. The fourth-order valence-electron chi connectivity index (χ4n) is 3.18. The van der Waals surface area contributed by atoms with Gasteiger partial charge in [0.15, 0.2) is 0 Å². The minimum Gasteiger partial charge on any atom is -0.493 e. The Balaban J connectivity index is 1.58. The molecule has 0 aromatic heterocycles. The molecule has 0 saturated heterocycles. The summed E-state index contributed by atoms with van der Waals surface area (Å²) in [6, 6.07) is 24.3. The highest BCUT2D eigenvalue weighted by Gasteiger charge is 2.13. The van der Waals surface area contributed by atoms with E-state index in [2.05, 4.69) is 24.5 Å². The Morgan fingerprint density at radius 2 is 1.53 bits per heavy atom. The predicted octanol–water partition coefficient (Wildman–Crippen LogP) is 5.94. The number of anilines is 2. The third-order valence-corrected chi connectivity index (χ3v) is 4.97. The third kappa shape index (κ3) is 7.27. The van der Waals surface area contributed by atoms with Crippen molar-refractivity contribution in [2.45, 2.75) is 33.1 Å². The van der Waals surface area contributed by atoms with Crippen molar-refractivity contribution < 1.29 is 14.3 Å².